The molecule has 4 heteroatoms. The normalized spacial score (nSPS) is 15.4. The first-order valence-electron chi connectivity index (χ1n) is 12.1. The van der Waals surface area contributed by atoms with Crippen molar-refractivity contribution >= 4 is 11.8 Å². The monoisotopic (exact) mass is 467 g/mol. The van der Waals surface area contributed by atoms with Gasteiger partial charge in [-0.05, 0) is 61.9 Å². The summed E-state index contributed by atoms with van der Waals surface area (Å²) in [5, 5.41) is 3.70. The standard InChI is InChI=1S/C31H33NO3/c1-6-14-23(21(2)33)28(29(34)35-30(3,4)5)32-31(22-15-8-7-9-16-22)26-19-12-10-17-24(26)25-18-11-13-20-27(25)31/h6-13,15-20,23,28,32H,1,14H2,2-5H3/t23?,28-/m0/s1. The number of carbonyl (C=O) groups is 2. The van der Waals surface area contributed by atoms with Crippen molar-refractivity contribution in [2.75, 3.05) is 0 Å². The predicted octanol–water partition coefficient (Wildman–Crippen LogP) is 6.04. The van der Waals surface area contributed by atoms with Crippen LogP contribution in [-0.4, -0.2) is 23.4 Å². The molecule has 3 aromatic rings. The number of ketones is 1. The van der Waals surface area contributed by atoms with Crippen molar-refractivity contribution in [3.05, 3.63) is 108 Å². The lowest BCUT2D eigenvalue weighted by atomic mass is 9.78. The Balaban J connectivity index is 1.98. The van der Waals surface area contributed by atoms with E-state index in [1.807, 2.05) is 63.2 Å². The number of rotatable bonds is 8. The Morgan fingerprint density at radius 3 is 1.91 bits per heavy atom. The zero-order chi connectivity index (χ0) is 25.2. The van der Waals surface area contributed by atoms with Gasteiger partial charge < -0.3 is 4.74 Å². The van der Waals surface area contributed by atoms with Gasteiger partial charge in [0.25, 0.3) is 0 Å². The van der Waals surface area contributed by atoms with Gasteiger partial charge >= 0.3 is 5.97 Å². The molecule has 3 aromatic carbocycles. The fourth-order valence-corrected chi connectivity index (χ4v) is 5.11. The molecule has 1 N–H and O–H groups in total. The molecule has 180 valence electrons. The Morgan fingerprint density at radius 1 is 0.914 bits per heavy atom. The van der Waals surface area contributed by atoms with E-state index in [0.29, 0.717) is 6.42 Å². The second-order valence-electron chi connectivity index (χ2n) is 10.1. The highest BCUT2D eigenvalue weighted by molar-refractivity contribution is 5.89. The number of hydrogen-bond donors (Lipinski definition) is 1. The zero-order valence-corrected chi connectivity index (χ0v) is 20.9. The van der Waals surface area contributed by atoms with E-state index in [-0.39, 0.29) is 5.78 Å². The molecule has 0 aliphatic heterocycles. The first-order chi connectivity index (χ1) is 16.7. The number of carbonyl (C=O) groups excluding carboxylic acids is 2. The minimum absolute atomic E-state index is 0.0870. The second kappa shape index (κ2) is 9.63. The summed E-state index contributed by atoms with van der Waals surface area (Å²) in [6.07, 6.45) is 2.05. The zero-order valence-electron chi connectivity index (χ0n) is 20.9. The van der Waals surface area contributed by atoms with Crippen LogP contribution < -0.4 is 5.32 Å². The fourth-order valence-electron chi connectivity index (χ4n) is 5.11. The maximum atomic E-state index is 13.7. The maximum Gasteiger partial charge on any atom is 0.324 e. The van der Waals surface area contributed by atoms with E-state index < -0.39 is 29.1 Å². The molecule has 1 aliphatic carbocycles. The quantitative estimate of drug-likeness (QED) is 0.324. The summed E-state index contributed by atoms with van der Waals surface area (Å²) in [5.41, 5.74) is 3.74. The molecule has 4 nitrogen and oxygen atoms in total. The average molecular weight is 468 g/mol. The Morgan fingerprint density at radius 2 is 1.43 bits per heavy atom. The molecule has 1 aliphatic rings. The summed E-state index contributed by atoms with van der Waals surface area (Å²) < 4.78 is 5.86. The lowest BCUT2D eigenvalue weighted by molar-refractivity contribution is -0.160. The van der Waals surface area contributed by atoms with Crippen LogP contribution in [0, 0.1) is 5.92 Å². The third-order valence-corrected chi connectivity index (χ3v) is 6.54. The number of ether oxygens (including phenoxy) is 1. The molecule has 0 saturated heterocycles. The molecule has 0 bridgehead atoms. The van der Waals surface area contributed by atoms with E-state index in [1.54, 1.807) is 6.08 Å². The van der Waals surface area contributed by atoms with Crippen molar-refractivity contribution in [3.8, 4) is 11.1 Å². The third-order valence-electron chi connectivity index (χ3n) is 6.54. The van der Waals surface area contributed by atoms with Crippen LogP contribution in [0.25, 0.3) is 11.1 Å². The minimum atomic E-state index is -0.885. The Hall–Kier alpha value is -3.50. The summed E-state index contributed by atoms with van der Waals surface area (Å²) in [6, 6.07) is 25.7. The van der Waals surface area contributed by atoms with Gasteiger partial charge in [0, 0.05) is 5.92 Å². The van der Waals surface area contributed by atoms with Crippen molar-refractivity contribution in [2.45, 2.75) is 51.3 Å². The molecular formula is C31H33NO3. The van der Waals surface area contributed by atoms with Crippen molar-refractivity contribution in [1.82, 2.24) is 5.32 Å². The van der Waals surface area contributed by atoms with Gasteiger partial charge in [-0.1, -0.05) is 84.9 Å². The van der Waals surface area contributed by atoms with Gasteiger partial charge in [-0.15, -0.1) is 6.58 Å². The van der Waals surface area contributed by atoms with Crippen LogP contribution in [0.3, 0.4) is 0 Å². The topological polar surface area (TPSA) is 55.4 Å². The van der Waals surface area contributed by atoms with Crippen LogP contribution in [0.1, 0.15) is 50.8 Å². The highest BCUT2D eigenvalue weighted by Gasteiger charge is 2.49. The van der Waals surface area contributed by atoms with Gasteiger partial charge in [0.15, 0.2) is 0 Å². The fraction of sp³-hybridized carbons (Fsp3) is 0.290. The lowest BCUT2D eigenvalue weighted by Crippen LogP contribution is -2.56. The van der Waals surface area contributed by atoms with Crippen LogP contribution in [0.2, 0.25) is 0 Å². The summed E-state index contributed by atoms with van der Waals surface area (Å²) in [7, 11) is 0. The highest BCUT2D eigenvalue weighted by atomic mass is 16.6. The molecule has 0 heterocycles. The van der Waals surface area contributed by atoms with Crippen LogP contribution in [-0.2, 0) is 19.9 Å². The number of hydrogen-bond acceptors (Lipinski definition) is 4. The molecule has 2 atom stereocenters. The number of benzene rings is 3. The van der Waals surface area contributed by atoms with Gasteiger partial charge in [0.1, 0.15) is 17.4 Å². The molecule has 0 radical (unpaired) electrons. The molecule has 35 heavy (non-hydrogen) atoms. The highest BCUT2D eigenvalue weighted by Crippen LogP contribution is 2.51. The first-order valence-corrected chi connectivity index (χ1v) is 12.1. The first kappa shape index (κ1) is 24.6. The van der Waals surface area contributed by atoms with Crippen LogP contribution in [0.5, 0.6) is 0 Å². The van der Waals surface area contributed by atoms with E-state index in [9.17, 15) is 9.59 Å². The Bertz CT molecular complexity index is 1190. The molecule has 1 unspecified atom stereocenters. The SMILES string of the molecule is C=CCC(C(C)=O)[C@H](NC1(c2ccccc2)c2ccccc2-c2ccccc21)C(=O)OC(C)(C)C. The van der Waals surface area contributed by atoms with Crippen molar-refractivity contribution in [3.63, 3.8) is 0 Å². The number of Topliss-reactive ketones (excluding diaryl/α,β-unsaturated/α-hetero) is 1. The van der Waals surface area contributed by atoms with E-state index in [2.05, 4.69) is 48.3 Å². The van der Waals surface area contributed by atoms with E-state index in [1.165, 1.54) is 6.92 Å². The molecule has 0 fully saturated rings. The number of esters is 1. The Labute approximate surface area is 208 Å². The smallest absolute Gasteiger partial charge is 0.324 e. The summed E-state index contributed by atoms with van der Waals surface area (Å²) in [4.78, 5) is 26.5. The largest absolute Gasteiger partial charge is 0.459 e. The number of fused-ring (bicyclic) bond motifs is 3. The predicted molar refractivity (Wildman–Crippen MR) is 140 cm³/mol. The van der Waals surface area contributed by atoms with Gasteiger partial charge in [-0.2, -0.15) is 0 Å². The summed E-state index contributed by atoms with van der Waals surface area (Å²) >= 11 is 0. The van der Waals surface area contributed by atoms with Crippen LogP contribution >= 0.6 is 0 Å². The maximum absolute atomic E-state index is 13.7. The summed E-state index contributed by atoms with van der Waals surface area (Å²) in [5.74, 6) is -1.16. The number of nitrogens with one attached hydrogen (secondary N) is 1. The van der Waals surface area contributed by atoms with Crippen LogP contribution in [0.4, 0.5) is 0 Å². The molecule has 0 amide bonds. The van der Waals surface area contributed by atoms with Crippen molar-refractivity contribution in [2.24, 2.45) is 5.92 Å². The molecule has 0 aromatic heterocycles. The second-order valence-corrected chi connectivity index (χ2v) is 10.1. The van der Waals surface area contributed by atoms with E-state index in [4.69, 9.17) is 4.74 Å². The number of allylic oxidation sites excluding steroid dienone is 1. The molecule has 0 spiro atoms. The van der Waals surface area contributed by atoms with E-state index >= 15 is 0 Å². The molecule has 0 saturated carbocycles. The molecular weight excluding hydrogens is 434 g/mol. The third kappa shape index (κ3) is 4.59. The van der Waals surface area contributed by atoms with Crippen molar-refractivity contribution < 1.29 is 14.3 Å². The van der Waals surface area contributed by atoms with Crippen LogP contribution in [0.15, 0.2) is 91.5 Å². The van der Waals surface area contributed by atoms with Crippen molar-refractivity contribution in [1.29, 1.82) is 0 Å². The van der Waals surface area contributed by atoms with Gasteiger partial charge in [0.05, 0.1) is 5.54 Å². The van der Waals surface area contributed by atoms with E-state index in [0.717, 1.165) is 27.8 Å². The van der Waals surface area contributed by atoms with Gasteiger partial charge in [0.2, 0.25) is 0 Å². The molecule has 4 rings (SSSR count). The summed E-state index contributed by atoms with van der Waals surface area (Å²) in [6.45, 7) is 10.9. The minimum Gasteiger partial charge on any atom is -0.459 e. The Kier molecular flexibility index (Phi) is 6.77. The van der Waals surface area contributed by atoms with Gasteiger partial charge in [-0.25, -0.2) is 0 Å². The lowest BCUT2D eigenvalue weighted by Gasteiger charge is -2.39. The van der Waals surface area contributed by atoms with Gasteiger partial charge in [-0.3, -0.25) is 14.9 Å². The average Bonchev–Trinajstić information content (AvgIpc) is 3.11.